The lowest BCUT2D eigenvalue weighted by atomic mass is 10.1. The van der Waals surface area contributed by atoms with Gasteiger partial charge in [0.25, 0.3) is 0 Å². The first-order valence-electron chi connectivity index (χ1n) is 4.48. The van der Waals surface area contributed by atoms with Crippen LogP contribution in [0.2, 0.25) is 0 Å². The molecule has 0 amide bonds. The van der Waals surface area contributed by atoms with Gasteiger partial charge in [-0.2, -0.15) is 0 Å². The number of nitrogens with zero attached hydrogens (tertiary/aromatic N) is 3. The number of nitrogen functional groups attached to an aromatic ring is 1. The van der Waals surface area contributed by atoms with Crippen LogP contribution < -0.4 is 5.73 Å². The summed E-state index contributed by atoms with van der Waals surface area (Å²) in [5, 5.41) is 9.53. The van der Waals surface area contributed by atoms with Crippen molar-refractivity contribution in [3.05, 3.63) is 34.2 Å². The molecule has 0 aliphatic rings. The third-order valence-electron chi connectivity index (χ3n) is 1.89. The maximum absolute atomic E-state index is 9.53. The number of benzene rings is 1. The Bertz CT molecular complexity index is 376. The van der Waals surface area contributed by atoms with Crippen molar-refractivity contribution in [2.24, 2.45) is 4.52 Å². The monoisotopic (exact) mass is 224 g/mol. The van der Waals surface area contributed by atoms with Gasteiger partial charge >= 0.3 is 0 Å². The average molecular weight is 224 g/mol. The van der Waals surface area contributed by atoms with E-state index in [-0.39, 0.29) is 5.75 Å². The second-order valence-electron chi connectivity index (χ2n) is 3.00. The number of phenolic OH excluding ortho intramolecular Hbond substituents is 1. The summed E-state index contributed by atoms with van der Waals surface area (Å²) in [6, 6.07) is 5.11. The number of rotatable bonds is 5. The normalized spacial score (nSPS) is 9.60. The van der Waals surface area contributed by atoms with E-state index in [2.05, 4.69) is 9.43 Å². The zero-order valence-electron chi connectivity index (χ0n) is 8.13. The molecule has 0 unspecified atom stereocenters. The van der Waals surface area contributed by atoms with E-state index in [9.17, 15) is 5.11 Å². The smallest absolute Gasteiger partial charge is 0.120 e. The van der Waals surface area contributed by atoms with Gasteiger partial charge in [-0.1, -0.05) is 18.0 Å². The number of nitrogens with two attached hydrogens (primary N) is 1. The number of anilines is 1. The van der Waals surface area contributed by atoms with Crippen molar-refractivity contribution in [2.45, 2.75) is 12.8 Å². The van der Waals surface area contributed by atoms with E-state index in [1.165, 1.54) is 18.0 Å². The van der Waals surface area contributed by atoms with Gasteiger partial charge in [-0.15, -0.1) is 0 Å². The van der Waals surface area contributed by atoms with E-state index in [4.69, 9.17) is 11.3 Å². The fourth-order valence-corrected chi connectivity index (χ4v) is 1.59. The van der Waals surface area contributed by atoms with Crippen molar-refractivity contribution in [1.29, 1.82) is 0 Å². The molecule has 5 nitrogen and oxygen atoms in total. The summed E-state index contributed by atoms with van der Waals surface area (Å²) in [5.41, 5.74) is 15.0. The number of hydrogen-bond acceptors (Lipinski definition) is 4. The lowest BCUT2D eigenvalue weighted by Crippen LogP contribution is -1.90. The highest BCUT2D eigenvalue weighted by atomic mass is 32.2. The number of aromatic hydroxyl groups is 1. The van der Waals surface area contributed by atoms with Crippen LogP contribution in [0.3, 0.4) is 0 Å². The van der Waals surface area contributed by atoms with Gasteiger partial charge in [0.2, 0.25) is 0 Å². The average Bonchev–Trinajstić information content (AvgIpc) is 2.20. The van der Waals surface area contributed by atoms with E-state index in [0.717, 1.165) is 24.2 Å². The molecule has 1 rings (SSSR count). The zero-order valence-corrected chi connectivity index (χ0v) is 8.94. The Balaban J connectivity index is 2.40. The molecule has 0 aliphatic carbocycles. The molecule has 0 atom stereocenters. The van der Waals surface area contributed by atoms with Crippen LogP contribution in [-0.2, 0) is 6.42 Å². The number of hydrogen-bond donors (Lipinski definition) is 2. The van der Waals surface area contributed by atoms with Crippen LogP contribution in [0.4, 0.5) is 5.69 Å². The molecule has 0 bridgehead atoms. The summed E-state index contributed by atoms with van der Waals surface area (Å²) < 4.78 is 3.35. The number of phenols is 1. The Morgan fingerprint density at radius 1 is 1.53 bits per heavy atom. The van der Waals surface area contributed by atoms with Crippen LogP contribution in [-0.4, -0.2) is 10.9 Å². The van der Waals surface area contributed by atoms with Crippen LogP contribution in [0.5, 0.6) is 5.75 Å². The molecule has 0 aliphatic heterocycles. The minimum Gasteiger partial charge on any atom is -0.508 e. The summed E-state index contributed by atoms with van der Waals surface area (Å²) in [4.78, 5) is 2.63. The first kappa shape index (κ1) is 11.6. The quantitative estimate of drug-likeness (QED) is 0.201. The SMILES string of the molecule is [N-]=[N+]=NSCCCc1ccc(N)cc1O. The maximum Gasteiger partial charge on any atom is 0.120 e. The highest BCUT2D eigenvalue weighted by molar-refractivity contribution is 7.97. The Morgan fingerprint density at radius 2 is 2.33 bits per heavy atom. The summed E-state index contributed by atoms with van der Waals surface area (Å²) in [6.07, 6.45) is 1.60. The topological polar surface area (TPSA) is 95.0 Å². The predicted molar refractivity (Wildman–Crippen MR) is 62.4 cm³/mol. The first-order valence-corrected chi connectivity index (χ1v) is 5.42. The van der Waals surface area contributed by atoms with Gasteiger partial charge < -0.3 is 10.8 Å². The Morgan fingerprint density at radius 3 is 3.00 bits per heavy atom. The fraction of sp³-hybridized carbons (Fsp3) is 0.333. The molecule has 15 heavy (non-hydrogen) atoms. The molecular formula is C9H12N4OS. The maximum atomic E-state index is 9.53. The van der Waals surface area contributed by atoms with Crippen LogP contribution >= 0.6 is 11.9 Å². The standard InChI is InChI=1S/C9H12N4OS/c10-8-4-3-7(9(14)6-8)2-1-5-15-13-12-11/h3-4,6,14H,1-2,5,10H2. The first-order chi connectivity index (χ1) is 7.24. The molecule has 0 spiro atoms. The minimum absolute atomic E-state index is 0.226. The van der Waals surface area contributed by atoms with Crippen molar-refractivity contribution >= 4 is 17.6 Å². The second-order valence-corrected chi connectivity index (χ2v) is 3.83. The van der Waals surface area contributed by atoms with E-state index < -0.39 is 0 Å². The molecular weight excluding hydrogens is 212 g/mol. The largest absolute Gasteiger partial charge is 0.508 e. The summed E-state index contributed by atoms with van der Waals surface area (Å²) in [7, 11) is 0. The zero-order chi connectivity index (χ0) is 11.1. The molecule has 1 aromatic rings. The van der Waals surface area contributed by atoms with Gasteiger partial charge in [-0.05, 0) is 34.5 Å². The predicted octanol–water partition coefficient (Wildman–Crippen LogP) is 2.87. The molecule has 80 valence electrons. The molecule has 0 aromatic heterocycles. The van der Waals surface area contributed by atoms with Gasteiger partial charge in [0, 0.05) is 22.4 Å². The van der Waals surface area contributed by atoms with Crippen molar-refractivity contribution in [3.63, 3.8) is 0 Å². The third kappa shape index (κ3) is 4.01. The van der Waals surface area contributed by atoms with E-state index in [1.807, 2.05) is 6.07 Å². The third-order valence-corrected chi connectivity index (χ3v) is 2.55. The molecule has 0 heterocycles. The molecule has 6 heteroatoms. The summed E-state index contributed by atoms with van der Waals surface area (Å²) in [5.74, 6) is 0.970. The van der Waals surface area contributed by atoms with Crippen LogP contribution in [0.1, 0.15) is 12.0 Å². The minimum atomic E-state index is 0.226. The molecule has 0 saturated carbocycles. The summed E-state index contributed by atoms with van der Waals surface area (Å²) in [6.45, 7) is 0. The van der Waals surface area contributed by atoms with Crippen molar-refractivity contribution in [3.8, 4) is 5.75 Å². The molecule has 0 saturated heterocycles. The van der Waals surface area contributed by atoms with Crippen molar-refractivity contribution in [2.75, 3.05) is 11.5 Å². The van der Waals surface area contributed by atoms with Crippen molar-refractivity contribution in [1.82, 2.24) is 0 Å². The lowest BCUT2D eigenvalue weighted by Gasteiger charge is -2.04. The van der Waals surface area contributed by atoms with Crippen LogP contribution in [0.25, 0.3) is 10.4 Å². The molecule has 1 aromatic carbocycles. The highest BCUT2D eigenvalue weighted by Crippen LogP contribution is 2.22. The van der Waals surface area contributed by atoms with E-state index in [0.29, 0.717) is 5.69 Å². The van der Waals surface area contributed by atoms with Gasteiger partial charge in [0.1, 0.15) is 5.75 Å². The van der Waals surface area contributed by atoms with E-state index >= 15 is 0 Å². The Hall–Kier alpha value is -1.52. The Labute approximate surface area is 92.1 Å². The van der Waals surface area contributed by atoms with Gasteiger partial charge in [0.15, 0.2) is 0 Å². The second kappa shape index (κ2) is 6.06. The van der Waals surface area contributed by atoms with Gasteiger partial charge in [-0.25, -0.2) is 0 Å². The number of azide groups is 1. The van der Waals surface area contributed by atoms with Crippen LogP contribution in [0, 0.1) is 0 Å². The van der Waals surface area contributed by atoms with Gasteiger partial charge in [0.05, 0.1) is 0 Å². The molecule has 3 N–H and O–H groups in total. The Kier molecular flexibility index (Phi) is 4.66. The molecule has 0 fully saturated rings. The van der Waals surface area contributed by atoms with Crippen LogP contribution in [0.15, 0.2) is 22.7 Å². The fourth-order valence-electron chi connectivity index (χ4n) is 1.19. The van der Waals surface area contributed by atoms with Crippen molar-refractivity contribution < 1.29 is 5.11 Å². The summed E-state index contributed by atoms with van der Waals surface area (Å²) >= 11 is 1.18. The lowest BCUT2D eigenvalue weighted by molar-refractivity contribution is 0.468. The highest BCUT2D eigenvalue weighted by Gasteiger charge is 2.00. The van der Waals surface area contributed by atoms with E-state index in [1.54, 1.807) is 6.07 Å². The van der Waals surface area contributed by atoms with Gasteiger partial charge in [-0.3, -0.25) is 0 Å². The number of aryl methyl sites for hydroxylation is 1. The molecule has 0 radical (unpaired) electrons.